The maximum Gasteiger partial charge on any atom is 0.416 e. The van der Waals surface area contributed by atoms with Gasteiger partial charge in [0.1, 0.15) is 0 Å². The topological polar surface area (TPSA) is 53.9 Å². The predicted molar refractivity (Wildman–Crippen MR) is 117 cm³/mol. The summed E-state index contributed by atoms with van der Waals surface area (Å²) >= 11 is 6.16. The molecule has 9 heteroatoms. The van der Waals surface area contributed by atoms with Gasteiger partial charge in [0.15, 0.2) is 5.96 Å². The summed E-state index contributed by atoms with van der Waals surface area (Å²) in [6.45, 7) is 4.32. The smallest absolute Gasteiger partial charge is 0.416 e. The Labute approximate surface area is 189 Å². The van der Waals surface area contributed by atoms with E-state index in [0.29, 0.717) is 34.4 Å². The van der Waals surface area contributed by atoms with Crippen LogP contribution >= 0.6 is 11.6 Å². The number of nitrogens with one attached hydrogen (secondary N) is 1. The Bertz CT molecular complexity index is 1050. The van der Waals surface area contributed by atoms with Crippen molar-refractivity contribution < 1.29 is 22.7 Å². The van der Waals surface area contributed by atoms with Crippen molar-refractivity contribution in [2.75, 3.05) is 13.7 Å². The van der Waals surface area contributed by atoms with Crippen molar-refractivity contribution in [1.29, 1.82) is 0 Å². The lowest BCUT2D eigenvalue weighted by molar-refractivity contribution is -0.138. The zero-order chi connectivity index (χ0) is 23.5. The number of ether oxygens (including phenoxy) is 1. The highest BCUT2D eigenvalue weighted by Crippen LogP contribution is 2.34. The summed E-state index contributed by atoms with van der Waals surface area (Å²) in [5, 5.41) is 3.80. The number of hydrogen-bond donors (Lipinski definition) is 1. The largest absolute Gasteiger partial charge is 0.466 e. The summed E-state index contributed by atoms with van der Waals surface area (Å²) in [5.74, 6) is -0.0181. The van der Waals surface area contributed by atoms with E-state index in [1.54, 1.807) is 30.0 Å². The summed E-state index contributed by atoms with van der Waals surface area (Å²) < 4.78 is 43.7. The van der Waals surface area contributed by atoms with E-state index >= 15 is 0 Å². The van der Waals surface area contributed by atoms with Gasteiger partial charge in [-0.2, -0.15) is 13.2 Å². The zero-order valence-electron chi connectivity index (χ0n) is 17.8. The second-order valence-electron chi connectivity index (χ2n) is 7.20. The third-order valence-electron chi connectivity index (χ3n) is 5.13. The highest BCUT2D eigenvalue weighted by Gasteiger charge is 2.35. The molecule has 0 saturated heterocycles. The van der Waals surface area contributed by atoms with Crippen LogP contribution in [-0.2, 0) is 22.3 Å². The molecule has 0 spiro atoms. The van der Waals surface area contributed by atoms with E-state index < -0.39 is 23.8 Å². The fourth-order valence-electron chi connectivity index (χ4n) is 3.56. The van der Waals surface area contributed by atoms with E-state index in [1.165, 1.54) is 19.2 Å². The summed E-state index contributed by atoms with van der Waals surface area (Å²) in [6.07, 6.45) is -4.40. The van der Waals surface area contributed by atoms with Gasteiger partial charge in [0.2, 0.25) is 0 Å². The number of rotatable bonds is 5. The minimum absolute atomic E-state index is 0.221. The van der Waals surface area contributed by atoms with Gasteiger partial charge in [-0.25, -0.2) is 4.79 Å². The van der Waals surface area contributed by atoms with Crippen molar-refractivity contribution in [2.24, 2.45) is 4.99 Å². The van der Waals surface area contributed by atoms with E-state index in [9.17, 15) is 18.0 Å². The van der Waals surface area contributed by atoms with Gasteiger partial charge >= 0.3 is 12.1 Å². The highest BCUT2D eigenvalue weighted by molar-refractivity contribution is 6.30. The van der Waals surface area contributed by atoms with Crippen LogP contribution in [0.25, 0.3) is 0 Å². The molecule has 0 aliphatic carbocycles. The summed E-state index contributed by atoms with van der Waals surface area (Å²) in [4.78, 5) is 19.0. The molecule has 170 valence electrons. The Morgan fingerprint density at radius 1 is 1.22 bits per heavy atom. The molecule has 1 atom stereocenters. The number of carbonyl (C=O) groups excluding carboxylic acids is 1. The molecule has 3 rings (SSSR count). The van der Waals surface area contributed by atoms with Crippen molar-refractivity contribution in [1.82, 2.24) is 10.2 Å². The molecule has 0 aromatic heterocycles. The molecule has 1 aliphatic heterocycles. The third kappa shape index (κ3) is 5.07. The van der Waals surface area contributed by atoms with Crippen LogP contribution in [0.4, 0.5) is 13.2 Å². The first-order chi connectivity index (χ1) is 15.2. The Kier molecular flexibility index (Phi) is 7.13. The molecule has 5 nitrogen and oxygen atoms in total. The average Bonchev–Trinajstić information content (AvgIpc) is 2.75. The highest BCUT2D eigenvalue weighted by atomic mass is 35.5. The number of allylic oxidation sites excluding steroid dienone is 1. The lowest BCUT2D eigenvalue weighted by Crippen LogP contribution is -2.48. The number of halogens is 4. The number of benzene rings is 2. The van der Waals surface area contributed by atoms with Crippen molar-refractivity contribution in [3.05, 3.63) is 81.5 Å². The number of alkyl halides is 3. The second-order valence-corrected chi connectivity index (χ2v) is 7.64. The Balaban J connectivity index is 2.05. The first kappa shape index (κ1) is 23.7. The van der Waals surface area contributed by atoms with Crippen LogP contribution in [0.2, 0.25) is 5.02 Å². The van der Waals surface area contributed by atoms with Gasteiger partial charge in [-0.15, -0.1) is 0 Å². The molecular weight excluding hydrogens is 443 g/mol. The minimum atomic E-state index is -4.40. The summed E-state index contributed by atoms with van der Waals surface area (Å²) in [7, 11) is 1.30. The van der Waals surface area contributed by atoms with Crippen LogP contribution in [-0.4, -0.2) is 30.5 Å². The maximum atomic E-state index is 12.9. The second kappa shape index (κ2) is 9.65. The van der Waals surface area contributed by atoms with Crippen LogP contribution in [0.15, 0.2) is 64.8 Å². The monoisotopic (exact) mass is 465 g/mol. The molecule has 1 N–H and O–H groups in total. The van der Waals surface area contributed by atoms with Crippen molar-refractivity contribution in [2.45, 2.75) is 32.6 Å². The minimum Gasteiger partial charge on any atom is -0.466 e. The molecule has 2 aromatic rings. The van der Waals surface area contributed by atoms with Crippen LogP contribution < -0.4 is 5.32 Å². The molecule has 1 unspecified atom stereocenters. The van der Waals surface area contributed by atoms with Crippen LogP contribution in [0.5, 0.6) is 0 Å². The van der Waals surface area contributed by atoms with Crippen molar-refractivity contribution >= 4 is 23.5 Å². The van der Waals surface area contributed by atoms with Gasteiger partial charge in [0, 0.05) is 17.3 Å². The van der Waals surface area contributed by atoms with Crippen LogP contribution in [0.1, 0.15) is 36.6 Å². The molecular formula is C23H23ClF3N3O2. The molecule has 1 heterocycles. The maximum absolute atomic E-state index is 12.9. The SMILES string of the molecule is CCN=C1NC(c2cccc(Cl)c2)C(C(=O)OC)=C(C)N1Cc1ccc(C(F)(F)F)cc1. The van der Waals surface area contributed by atoms with E-state index in [-0.39, 0.29) is 6.54 Å². The van der Waals surface area contributed by atoms with Gasteiger partial charge < -0.3 is 15.0 Å². The van der Waals surface area contributed by atoms with Gasteiger partial charge in [-0.05, 0) is 49.2 Å². The summed E-state index contributed by atoms with van der Waals surface area (Å²) in [5.41, 5.74) is 1.64. The molecule has 0 bridgehead atoms. The molecule has 2 aromatic carbocycles. The van der Waals surface area contributed by atoms with E-state index in [0.717, 1.165) is 17.7 Å². The Morgan fingerprint density at radius 2 is 1.91 bits per heavy atom. The van der Waals surface area contributed by atoms with E-state index in [1.807, 2.05) is 13.0 Å². The molecule has 0 radical (unpaired) electrons. The van der Waals surface area contributed by atoms with Gasteiger partial charge in [-0.1, -0.05) is 35.9 Å². The summed E-state index contributed by atoms with van der Waals surface area (Å²) in [6, 6.07) is 11.5. The fourth-order valence-corrected chi connectivity index (χ4v) is 3.76. The standard InChI is InChI=1S/C23H23ClF3N3O2/c1-4-28-22-29-20(16-6-5-7-18(24)12-16)19(21(31)32-3)14(2)30(22)13-15-8-10-17(11-9-15)23(25,26)27/h5-12,20H,4,13H2,1-3H3,(H,28,29). The van der Waals surface area contributed by atoms with Gasteiger partial charge in [0.25, 0.3) is 0 Å². The van der Waals surface area contributed by atoms with Crippen LogP contribution in [0.3, 0.4) is 0 Å². The molecule has 0 saturated carbocycles. The van der Waals surface area contributed by atoms with E-state index in [4.69, 9.17) is 16.3 Å². The number of guanidine groups is 1. The average molecular weight is 466 g/mol. The first-order valence-corrected chi connectivity index (χ1v) is 10.3. The third-order valence-corrected chi connectivity index (χ3v) is 5.36. The number of carbonyl (C=O) groups is 1. The van der Waals surface area contributed by atoms with Crippen LogP contribution in [0, 0.1) is 0 Å². The molecule has 0 fully saturated rings. The first-order valence-electron chi connectivity index (χ1n) is 9.95. The van der Waals surface area contributed by atoms with Gasteiger partial charge in [0.05, 0.1) is 30.8 Å². The molecule has 0 amide bonds. The molecule has 1 aliphatic rings. The normalized spacial score (nSPS) is 18.0. The zero-order valence-corrected chi connectivity index (χ0v) is 18.6. The number of methoxy groups -OCH3 is 1. The number of nitrogens with zero attached hydrogens (tertiary/aromatic N) is 2. The number of aliphatic imine (C=N–C) groups is 1. The molecule has 32 heavy (non-hydrogen) atoms. The predicted octanol–water partition coefficient (Wildman–Crippen LogP) is 5.33. The number of esters is 1. The lowest BCUT2D eigenvalue weighted by atomic mass is 9.94. The van der Waals surface area contributed by atoms with E-state index in [2.05, 4.69) is 10.3 Å². The lowest BCUT2D eigenvalue weighted by Gasteiger charge is -2.38. The fraction of sp³-hybridized carbons (Fsp3) is 0.304. The van der Waals surface area contributed by atoms with Gasteiger partial charge in [-0.3, -0.25) is 4.99 Å². The quantitative estimate of drug-likeness (QED) is 0.606. The number of hydrogen-bond acceptors (Lipinski definition) is 3. The Morgan fingerprint density at radius 3 is 2.47 bits per heavy atom. The Hall–Kier alpha value is -3.00. The van der Waals surface area contributed by atoms with Crippen molar-refractivity contribution in [3.63, 3.8) is 0 Å². The van der Waals surface area contributed by atoms with Crippen molar-refractivity contribution in [3.8, 4) is 0 Å².